The van der Waals surface area contributed by atoms with E-state index in [-0.39, 0.29) is 22.4 Å². The van der Waals surface area contributed by atoms with Gasteiger partial charge in [-0.25, -0.2) is 4.39 Å². The fourth-order valence-electron chi connectivity index (χ4n) is 1.85. The van der Waals surface area contributed by atoms with E-state index in [1.165, 1.54) is 0 Å². The van der Waals surface area contributed by atoms with E-state index in [0.717, 1.165) is 17.9 Å². The number of rotatable bonds is 5. The minimum absolute atomic E-state index is 0.0935. The molecule has 0 spiro atoms. The molecule has 0 saturated heterocycles. The molecule has 2 aromatic rings. The molecule has 1 unspecified atom stereocenters. The topological polar surface area (TPSA) is 68.3 Å². The lowest BCUT2D eigenvalue weighted by Gasteiger charge is -2.14. The molecule has 0 fully saturated rings. The Labute approximate surface area is 119 Å². The summed E-state index contributed by atoms with van der Waals surface area (Å²) in [4.78, 5) is 10.3. The molecular weight excluding hydrogens is 287 g/mol. The number of furan rings is 1. The van der Waals surface area contributed by atoms with Crippen LogP contribution in [0.4, 0.5) is 15.8 Å². The predicted molar refractivity (Wildman–Crippen MR) is 73.6 cm³/mol. The van der Waals surface area contributed by atoms with Crippen LogP contribution in [0, 0.1) is 15.9 Å². The Morgan fingerprint density at radius 2 is 2.30 bits per heavy atom. The average Bonchev–Trinajstić information content (AvgIpc) is 2.85. The molecule has 7 heteroatoms. The molecule has 0 aliphatic heterocycles. The van der Waals surface area contributed by atoms with Gasteiger partial charge in [-0.3, -0.25) is 10.1 Å². The molecule has 5 nitrogen and oxygen atoms in total. The minimum Gasteiger partial charge on any atom is -0.469 e. The van der Waals surface area contributed by atoms with Crippen LogP contribution in [-0.2, 0) is 6.42 Å². The summed E-state index contributed by atoms with van der Waals surface area (Å²) in [6, 6.07) is 5.42. The van der Waals surface area contributed by atoms with Crippen molar-refractivity contribution in [3.63, 3.8) is 0 Å². The highest BCUT2D eigenvalue weighted by molar-refractivity contribution is 6.31. The van der Waals surface area contributed by atoms with Gasteiger partial charge in [0, 0.05) is 24.6 Å². The van der Waals surface area contributed by atoms with Crippen molar-refractivity contribution in [1.29, 1.82) is 0 Å². The Morgan fingerprint density at radius 3 is 2.90 bits per heavy atom. The summed E-state index contributed by atoms with van der Waals surface area (Å²) in [7, 11) is 0. The largest absolute Gasteiger partial charge is 0.469 e. The lowest BCUT2D eigenvalue weighted by atomic mass is 10.1. The molecule has 0 saturated carbocycles. The van der Waals surface area contributed by atoms with Gasteiger partial charge in [0.25, 0.3) is 5.69 Å². The number of hydrogen-bond donors (Lipinski definition) is 1. The first-order valence-corrected chi connectivity index (χ1v) is 6.27. The molecule has 0 amide bonds. The summed E-state index contributed by atoms with van der Waals surface area (Å²) < 4.78 is 18.6. The maximum atomic E-state index is 13.4. The molecule has 106 valence electrons. The van der Waals surface area contributed by atoms with Gasteiger partial charge in [-0.15, -0.1) is 0 Å². The molecule has 1 aromatic carbocycles. The molecule has 1 N–H and O–H groups in total. The number of hydrogen-bond acceptors (Lipinski definition) is 4. The molecule has 0 bridgehead atoms. The summed E-state index contributed by atoms with van der Waals surface area (Å²) in [5.41, 5.74) is -0.168. The summed E-state index contributed by atoms with van der Waals surface area (Å²) in [6.45, 7) is 1.82. The van der Waals surface area contributed by atoms with Crippen molar-refractivity contribution in [3.8, 4) is 0 Å². The Morgan fingerprint density at radius 1 is 1.55 bits per heavy atom. The highest BCUT2D eigenvalue weighted by Crippen LogP contribution is 2.31. The molecule has 20 heavy (non-hydrogen) atoms. The highest BCUT2D eigenvalue weighted by atomic mass is 35.5. The first-order valence-electron chi connectivity index (χ1n) is 5.89. The van der Waals surface area contributed by atoms with E-state index in [0.29, 0.717) is 6.42 Å². The summed E-state index contributed by atoms with van der Waals surface area (Å²) in [6.07, 6.45) is 2.07. The summed E-state index contributed by atoms with van der Waals surface area (Å²) in [5, 5.41) is 13.6. The van der Waals surface area contributed by atoms with Crippen LogP contribution in [0.5, 0.6) is 0 Å². The van der Waals surface area contributed by atoms with E-state index in [9.17, 15) is 14.5 Å². The van der Waals surface area contributed by atoms with Crippen molar-refractivity contribution in [2.45, 2.75) is 19.4 Å². The number of nitro benzene ring substituents is 1. The first kappa shape index (κ1) is 14.3. The van der Waals surface area contributed by atoms with Crippen molar-refractivity contribution in [1.82, 2.24) is 0 Å². The van der Waals surface area contributed by atoms with Crippen molar-refractivity contribution in [2.75, 3.05) is 5.32 Å². The van der Waals surface area contributed by atoms with Crippen molar-refractivity contribution in [3.05, 3.63) is 57.2 Å². The fourth-order valence-corrected chi connectivity index (χ4v) is 2.01. The SMILES string of the molecule is CC(Cc1ccco1)Nc1cc(F)c(Cl)cc1[N+](=O)[O-]. The second-order valence-corrected chi connectivity index (χ2v) is 4.78. The van der Waals surface area contributed by atoms with Gasteiger partial charge >= 0.3 is 0 Å². The van der Waals surface area contributed by atoms with E-state index < -0.39 is 10.7 Å². The maximum Gasteiger partial charge on any atom is 0.294 e. The third kappa shape index (κ3) is 3.27. The highest BCUT2D eigenvalue weighted by Gasteiger charge is 2.19. The quantitative estimate of drug-likeness (QED) is 0.668. The van der Waals surface area contributed by atoms with E-state index in [1.54, 1.807) is 18.4 Å². The Hall–Kier alpha value is -2.08. The molecule has 2 rings (SSSR count). The van der Waals surface area contributed by atoms with Crippen LogP contribution in [-0.4, -0.2) is 11.0 Å². The summed E-state index contributed by atoms with van der Waals surface area (Å²) in [5.74, 6) is 0.0343. The van der Waals surface area contributed by atoms with Crippen LogP contribution in [0.1, 0.15) is 12.7 Å². The van der Waals surface area contributed by atoms with E-state index in [1.807, 2.05) is 6.92 Å². The molecule has 0 aliphatic carbocycles. The lowest BCUT2D eigenvalue weighted by molar-refractivity contribution is -0.384. The van der Waals surface area contributed by atoms with Crippen LogP contribution in [0.3, 0.4) is 0 Å². The minimum atomic E-state index is -0.704. The maximum absolute atomic E-state index is 13.4. The third-order valence-electron chi connectivity index (χ3n) is 2.72. The smallest absolute Gasteiger partial charge is 0.294 e. The average molecular weight is 299 g/mol. The number of anilines is 1. The van der Waals surface area contributed by atoms with E-state index in [2.05, 4.69) is 5.32 Å². The number of benzene rings is 1. The Balaban J connectivity index is 2.19. The van der Waals surface area contributed by atoms with Crippen LogP contribution in [0.15, 0.2) is 34.9 Å². The molecule has 1 aromatic heterocycles. The van der Waals surface area contributed by atoms with Crippen LogP contribution < -0.4 is 5.32 Å². The van der Waals surface area contributed by atoms with Gasteiger partial charge in [0.2, 0.25) is 0 Å². The van der Waals surface area contributed by atoms with E-state index in [4.69, 9.17) is 16.0 Å². The van der Waals surface area contributed by atoms with Gasteiger partial charge in [0.05, 0.1) is 16.2 Å². The Kier molecular flexibility index (Phi) is 4.24. The number of nitro groups is 1. The second-order valence-electron chi connectivity index (χ2n) is 4.37. The normalized spacial score (nSPS) is 12.2. The number of nitrogens with zero attached hydrogens (tertiary/aromatic N) is 1. The van der Waals surface area contributed by atoms with Crippen molar-refractivity contribution < 1.29 is 13.7 Å². The lowest BCUT2D eigenvalue weighted by Crippen LogP contribution is -2.18. The summed E-state index contributed by atoms with van der Waals surface area (Å²) >= 11 is 5.56. The van der Waals surface area contributed by atoms with Gasteiger partial charge < -0.3 is 9.73 Å². The van der Waals surface area contributed by atoms with Gasteiger partial charge in [0.15, 0.2) is 0 Å². The molecule has 1 heterocycles. The van der Waals surface area contributed by atoms with Crippen LogP contribution in [0.25, 0.3) is 0 Å². The molecular formula is C13H12ClFN2O3. The van der Waals surface area contributed by atoms with Crippen molar-refractivity contribution >= 4 is 23.0 Å². The zero-order valence-electron chi connectivity index (χ0n) is 10.6. The van der Waals surface area contributed by atoms with Gasteiger partial charge in [-0.1, -0.05) is 11.6 Å². The van der Waals surface area contributed by atoms with E-state index >= 15 is 0 Å². The number of nitrogens with one attached hydrogen (secondary N) is 1. The second kappa shape index (κ2) is 5.92. The third-order valence-corrected chi connectivity index (χ3v) is 3.01. The molecule has 0 radical (unpaired) electrons. The molecule has 1 atom stereocenters. The van der Waals surface area contributed by atoms with Gasteiger partial charge in [0.1, 0.15) is 17.3 Å². The first-order chi connectivity index (χ1) is 9.47. The standard InChI is InChI=1S/C13H12ClFN2O3/c1-8(5-9-3-2-4-20-9)16-12-7-11(15)10(14)6-13(12)17(18)19/h2-4,6-8,16H,5H2,1H3. The van der Waals surface area contributed by atoms with Crippen LogP contribution >= 0.6 is 11.6 Å². The number of halogens is 2. The fraction of sp³-hybridized carbons (Fsp3) is 0.231. The van der Waals surface area contributed by atoms with Crippen LogP contribution in [0.2, 0.25) is 5.02 Å². The van der Waals surface area contributed by atoms with Gasteiger partial charge in [-0.2, -0.15) is 0 Å². The predicted octanol–water partition coefficient (Wildman–Crippen LogP) is 4.02. The zero-order chi connectivity index (χ0) is 14.7. The molecule has 0 aliphatic rings. The monoisotopic (exact) mass is 298 g/mol. The van der Waals surface area contributed by atoms with Crippen molar-refractivity contribution in [2.24, 2.45) is 0 Å². The Bertz CT molecular complexity index is 616. The zero-order valence-corrected chi connectivity index (χ0v) is 11.4. The van der Waals surface area contributed by atoms with Gasteiger partial charge in [-0.05, 0) is 19.1 Å².